The molecule has 0 unspecified atom stereocenters. The van der Waals surface area contributed by atoms with Crippen molar-refractivity contribution in [3.05, 3.63) is 28.7 Å². The predicted molar refractivity (Wildman–Crippen MR) is 56.2 cm³/mol. The molecule has 0 saturated heterocycles. The van der Waals surface area contributed by atoms with Crippen LogP contribution in [0, 0.1) is 13.8 Å². The normalized spacial score (nSPS) is 10.9. The Morgan fingerprint density at radius 1 is 1.50 bits per heavy atom. The number of fused-ring (bicyclic) bond motifs is 1. The minimum atomic E-state index is -1.22. The molecule has 0 aliphatic carbocycles. The molecule has 0 aliphatic rings. The van der Waals surface area contributed by atoms with Crippen LogP contribution in [0.25, 0.3) is 5.65 Å². The second-order valence-corrected chi connectivity index (χ2v) is 3.74. The maximum atomic E-state index is 11.1. The molecule has 0 N–H and O–H groups in total. The fourth-order valence-corrected chi connectivity index (χ4v) is 1.82. The van der Waals surface area contributed by atoms with E-state index in [1.165, 1.54) is 0 Å². The van der Waals surface area contributed by atoms with Crippen molar-refractivity contribution >= 4 is 11.6 Å². The van der Waals surface area contributed by atoms with Crippen LogP contribution < -0.4 is 5.11 Å². The van der Waals surface area contributed by atoms with Crippen molar-refractivity contribution in [3.63, 3.8) is 0 Å². The van der Waals surface area contributed by atoms with Gasteiger partial charge in [-0.15, -0.1) is 0 Å². The first-order valence-electron chi connectivity index (χ1n) is 5.11. The number of carbonyl (C=O) groups excluding carboxylic acids is 1. The molecule has 0 fully saturated rings. The van der Waals surface area contributed by atoms with Crippen LogP contribution in [-0.4, -0.2) is 20.6 Å². The van der Waals surface area contributed by atoms with Crippen LogP contribution in [0.1, 0.15) is 34.4 Å². The number of aromatic carboxylic acids is 1. The van der Waals surface area contributed by atoms with E-state index in [0.29, 0.717) is 17.8 Å². The number of nitrogens with zero attached hydrogens (tertiary/aromatic N) is 3. The number of rotatable bonds is 2. The molecular formula is C11H12N3O2-. The van der Waals surface area contributed by atoms with E-state index in [2.05, 4.69) is 10.1 Å². The van der Waals surface area contributed by atoms with Gasteiger partial charge in [0.05, 0.1) is 17.2 Å². The number of aryl methyl sites for hydroxylation is 3. The van der Waals surface area contributed by atoms with Crippen LogP contribution >= 0.6 is 0 Å². The molecule has 2 aromatic rings. The first kappa shape index (κ1) is 10.6. The van der Waals surface area contributed by atoms with Crippen LogP contribution in [-0.2, 0) is 6.42 Å². The Hall–Kier alpha value is -1.91. The highest BCUT2D eigenvalue weighted by Gasteiger charge is 2.14. The molecule has 16 heavy (non-hydrogen) atoms. The molecular weight excluding hydrogens is 206 g/mol. The van der Waals surface area contributed by atoms with Crippen LogP contribution in [0.5, 0.6) is 0 Å². The maximum absolute atomic E-state index is 11.1. The van der Waals surface area contributed by atoms with Crippen molar-refractivity contribution in [1.82, 2.24) is 14.6 Å². The molecule has 0 atom stereocenters. The van der Waals surface area contributed by atoms with Crippen molar-refractivity contribution in [2.75, 3.05) is 0 Å². The third-order valence-corrected chi connectivity index (χ3v) is 2.51. The smallest absolute Gasteiger partial charge is 0.164 e. The van der Waals surface area contributed by atoms with Crippen molar-refractivity contribution < 1.29 is 9.90 Å². The lowest BCUT2D eigenvalue weighted by Gasteiger charge is -2.03. The highest BCUT2D eigenvalue weighted by Crippen LogP contribution is 2.16. The Kier molecular flexibility index (Phi) is 2.38. The number of carboxylic acid groups (broad SMARTS) is 1. The molecule has 5 nitrogen and oxygen atoms in total. The van der Waals surface area contributed by atoms with Crippen LogP contribution in [0.3, 0.4) is 0 Å². The largest absolute Gasteiger partial charge is 0.545 e. The third kappa shape index (κ3) is 1.44. The lowest BCUT2D eigenvalue weighted by molar-refractivity contribution is -0.254. The highest BCUT2D eigenvalue weighted by atomic mass is 16.4. The fraction of sp³-hybridized carbons (Fsp3) is 0.364. The Labute approximate surface area is 92.7 Å². The van der Waals surface area contributed by atoms with E-state index in [1.807, 2.05) is 26.8 Å². The summed E-state index contributed by atoms with van der Waals surface area (Å²) in [7, 11) is 0. The molecule has 0 radical (unpaired) electrons. The summed E-state index contributed by atoms with van der Waals surface area (Å²) in [5.41, 5.74) is 2.63. The Morgan fingerprint density at radius 3 is 2.75 bits per heavy atom. The summed E-state index contributed by atoms with van der Waals surface area (Å²) in [4.78, 5) is 15.3. The van der Waals surface area contributed by atoms with Crippen LogP contribution in [0.2, 0.25) is 0 Å². The van der Waals surface area contributed by atoms with Gasteiger partial charge in [0.2, 0.25) is 0 Å². The van der Waals surface area contributed by atoms with Gasteiger partial charge >= 0.3 is 0 Å². The average Bonchev–Trinajstić information content (AvgIpc) is 2.56. The van der Waals surface area contributed by atoms with Crippen LogP contribution in [0.15, 0.2) is 6.07 Å². The maximum Gasteiger partial charge on any atom is 0.164 e. The van der Waals surface area contributed by atoms with Gasteiger partial charge in [0.1, 0.15) is 0 Å². The minimum Gasteiger partial charge on any atom is -0.545 e. The average molecular weight is 218 g/mol. The molecule has 0 amide bonds. The monoisotopic (exact) mass is 218 g/mol. The van der Waals surface area contributed by atoms with Gasteiger partial charge in [0, 0.05) is 11.4 Å². The van der Waals surface area contributed by atoms with E-state index >= 15 is 0 Å². The van der Waals surface area contributed by atoms with Gasteiger partial charge in [-0.25, -0.2) is 9.50 Å². The molecule has 0 bridgehead atoms. The van der Waals surface area contributed by atoms with Crippen molar-refractivity contribution in [1.29, 1.82) is 0 Å². The summed E-state index contributed by atoms with van der Waals surface area (Å²) >= 11 is 0. The Morgan fingerprint density at radius 2 is 2.19 bits per heavy atom. The lowest BCUT2D eigenvalue weighted by Crippen LogP contribution is -2.23. The first-order chi connectivity index (χ1) is 7.54. The zero-order valence-electron chi connectivity index (χ0n) is 9.44. The van der Waals surface area contributed by atoms with Gasteiger partial charge in [-0.05, 0) is 26.3 Å². The molecule has 2 aromatic heterocycles. The molecule has 2 rings (SSSR count). The number of aromatic nitrogens is 3. The van der Waals surface area contributed by atoms with Crippen LogP contribution in [0.4, 0.5) is 0 Å². The number of hydrogen-bond acceptors (Lipinski definition) is 4. The van der Waals surface area contributed by atoms with E-state index in [4.69, 9.17) is 0 Å². The quantitative estimate of drug-likeness (QED) is 0.725. The summed E-state index contributed by atoms with van der Waals surface area (Å²) in [5, 5.41) is 15.3. The SMILES string of the molecule is CCc1nn2c(C)cc(C)nc2c1C(=O)[O-]. The summed E-state index contributed by atoms with van der Waals surface area (Å²) in [6.45, 7) is 5.55. The summed E-state index contributed by atoms with van der Waals surface area (Å²) in [6.07, 6.45) is 0.547. The minimum absolute atomic E-state index is 0.106. The summed E-state index contributed by atoms with van der Waals surface area (Å²) in [6, 6.07) is 1.86. The second-order valence-electron chi connectivity index (χ2n) is 3.74. The van der Waals surface area contributed by atoms with E-state index in [9.17, 15) is 9.90 Å². The third-order valence-electron chi connectivity index (χ3n) is 2.51. The first-order valence-corrected chi connectivity index (χ1v) is 5.11. The van der Waals surface area contributed by atoms with Gasteiger partial charge in [0.25, 0.3) is 0 Å². The zero-order chi connectivity index (χ0) is 11.9. The molecule has 5 heteroatoms. The lowest BCUT2D eigenvalue weighted by atomic mass is 10.2. The van der Waals surface area contributed by atoms with Gasteiger partial charge in [-0.2, -0.15) is 5.10 Å². The van der Waals surface area contributed by atoms with Gasteiger partial charge < -0.3 is 9.90 Å². The Bertz CT molecular complexity index is 572. The molecule has 0 aliphatic heterocycles. The van der Waals surface area contributed by atoms with Crippen molar-refractivity contribution in [2.24, 2.45) is 0 Å². The van der Waals surface area contributed by atoms with Gasteiger partial charge in [0.15, 0.2) is 5.65 Å². The molecule has 2 heterocycles. The Balaban J connectivity index is 2.89. The molecule has 84 valence electrons. The van der Waals surface area contributed by atoms with E-state index in [1.54, 1.807) is 4.52 Å². The standard InChI is InChI=1S/C11H13N3O2/c1-4-8-9(11(15)16)10-12-6(2)5-7(3)14(10)13-8/h5H,4H2,1-3H3,(H,15,16)/p-1. The number of carbonyl (C=O) groups is 1. The van der Waals surface area contributed by atoms with E-state index < -0.39 is 5.97 Å². The number of hydrogen-bond donors (Lipinski definition) is 0. The van der Waals surface area contributed by atoms with Crippen molar-refractivity contribution in [2.45, 2.75) is 27.2 Å². The molecule has 0 aromatic carbocycles. The molecule has 0 saturated carbocycles. The highest BCUT2D eigenvalue weighted by molar-refractivity contribution is 5.94. The second kappa shape index (κ2) is 3.59. The summed E-state index contributed by atoms with van der Waals surface area (Å²) < 4.78 is 1.55. The number of carboxylic acids is 1. The van der Waals surface area contributed by atoms with Crippen molar-refractivity contribution in [3.8, 4) is 0 Å². The van der Waals surface area contributed by atoms with Gasteiger partial charge in [-0.1, -0.05) is 6.92 Å². The van der Waals surface area contributed by atoms with Gasteiger partial charge in [-0.3, -0.25) is 0 Å². The zero-order valence-corrected chi connectivity index (χ0v) is 9.44. The fourth-order valence-electron chi connectivity index (χ4n) is 1.82. The molecule has 0 spiro atoms. The van der Waals surface area contributed by atoms with E-state index in [0.717, 1.165) is 11.4 Å². The summed E-state index contributed by atoms with van der Waals surface area (Å²) in [5.74, 6) is -1.22. The van der Waals surface area contributed by atoms with E-state index in [-0.39, 0.29) is 5.56 Å². The topological polar surface area (TPSA) is 70.3 Å². The predicted octanol–water partition coefficient (Wildman–Crippen LogP) is 0.272.